The number of carboxylic acids is 1. The van der Waals surface area contributed by atoms with E-state index in [-0.39, 0.29) is 5.56 Å². The Morgan fingerprint density at radius 2 is 1.84 bits per heavy atom. The highest BCUT2D eigenvalue weighted by Crippen LogP contribution is 2.25. The summed E-state index contributed by atoms with van der Waals surface area (Å²) in [5.41, 5.74) is 2.93. The molecule has 128 valence electrons. The van der Waals surface area contributed by atoms with Crippen molar-refractivity contribution in [3.8, 4) is 0 Å². The monoisotopic (exact) mass is 337 g/mol. The number of nitrogens with zero attached hydrogens (tertiary/aromatic N) is 4. The highest BCUT2D eigenvalue weighted by molar-refractivity contribution is 5.88. The van der Waals surface area contributed by atoms with E-state index in [0.717, 1.165) is 30.1 Å². The van der Waals surface area contributed by atoms with E-state index < -0.39 is 5.97 Å². The van der Waals surface area contributed by atoms with E-state index in [0.29, 0.717) is 5.95 Å². The van der Waals surface area contributed by atoms with Crippen molar-refractivity contribution in [2.45, 2.75) is 19.3 Å². The van der Waals surface area contributed by atoms with Gasteiger partial charge in [0.25, 0.3) is 0 Å². The number of carbonyl (C=O) groups is 1. The second-order valence-electron chi connectivity index (χ2n) is 6.15. The lowest BCUT2D eigenvalue weighted by atomic mass is 10.1. The van der Waals surface area contributed by atoms with Gasteiger partial charge in [0.05, 0.1) is 11.3 Å². The number of aromatic nitrogens is 3. The molecule has 7 nitrogen and oxygen atoms in total. The van der Waals surface area contributed by atoms with Gasteiger partial charge in [-0.05, 0) is 55.7 Å². The number of carboxylic acid groups (broad SMARTS) is 1. The van der Waals surface area contributed by atoms with Gasteiger partial charge in [0.1, 0.15) is 0 Å². The van der Waals surface area contributed by atoms with E-state index in [9.17, 15) is 4.79 Å². The molecule has 0 saturated carbocycles. The van der Waals surface area contributed by atoms with Crippen LogP contribution in [0, 0.1) is 0 Å². The molecule has 4 rings (SSSR count). The second kappa shape index (κ2) is 6.43. The van der Waals surface area contributed by atoms with Crippen LogP contribution < -0.4 is 10.2 Å². The Kier molecular flexibility index (Phi) is 3.97. The molecule has 1 aliphatic rings. The first kappa shape index (κ1) is 15.4. The van der Waals surface area contributed by atoms with Crippen molar-refractivity contribution < 1.29 is 9.90 Å². The van der Waals surface area contributed by atoms with Crippen molar-refractivity contribution in [1.82, 2.24) is 14.6 Å². The van der Waals surface area contributed by atoms with Gasteiger partial charge in [-0.15, -0.1) is 5.10 Å². The highest BCUT2D eigenvalue weighted by Gasteiger charge is 2.16. The predicted octanol–water partition coefficient (Wildman–Crippen LogP) is 3.16. The topological polar surface area (TPSA) is 82.8 Å². The third kappa shape index (κ3) is 3.13. The number of pyridine rings is 1. The molecule has 0 radical (unpaired) electrons. The molecule has 0 aliphatic carbocycles. The summed E-state index contributed by atoms with van der Waals surface area (Å²) in [5, 5.41) is 16.6. The normalized spacial score (nSPS) is 14.6. The standard InChI is InChI=1S/C18H19N5O2/c24-17(25)13-6-8-14(9-7-13)19-18-20-16-15(5-4-12-23(16)21-18)22-10-2-1-3-11-22/h4-9,12H,1-3,10-11H2,(H,19,21)(H,24,25). The molecule has 3 heterocycles. The lowest BCUT2D eigenvalue weighted by Crippen LogP contribution is -2.29. The molecule has 0 atom stereocenters. The Morgan fingerprint density at radius 3 is 2.56 bits per heavy atom. The number of benzene rings is 1. The largest absolute Gasteiger partial charge is 0.478 e. The number of fused-ring (bicyclic) bond motifs is 1. The van der Waals surface area contributed by atoms with E-state index in [1.165, 1.54) is 19.3 Å². The molecule has 3 aromatic rings. The van der Waals surface area contributed by atoms with Gasteiger partial charge < -0.3 is 15.3 Å². The van der Waals surface area contributed by atoms with E-state index in [4.69, 9.17) is 5.11 Å². The number of hydrogen-bond donors (Lipinski definition) is 2. The van der Waals surface area contributed by atoms with Crippen LogP contribution in [-0.2, 0) is 0 Å². The SMILES string of the molecule is O=C(O)c1ccc(Nc2nc3c(N4CCCCC4)cccn3n2)cc1. The first-order valence-corrected chi connectivity index (χ1v) is 8.41. The molecule has 0 bridgehead atoms. The second-order valence-corrected chi connectivity index (χ2v) is 6.15. The summed E-state index contributed by atoms with van der Waals surface area (Å²) in [6.07, 6.45) is 5.58. The summed E-state index contributed by atoms with van der Waals surface area (Å²) in [7, 11) is 0. The smallest absolute Gasteiger partial charge is 0.335 e. The molecule has 25 heavy (non-hydrogen) atoms. The van der Waals surface area contributed by atoms with E-state index in [2.05, 4.69) is 26.4 Å². The average molecular weight is 337 g/mol. The predicted molar refractivity (Wildman–Crippen MR) is 95.7 cm³/mol. The van der Waals surface area contributed by atoms with E-state index >= 15 is 0 Å². The molecule has 1 fully saturated rings. The molecule has 1 saturated heterocycles. The van der Waals surface area contributed by atoms with Crippen molar-refractivity contribution in [2.75, 3.05) is 23.3 Å². The Morgan fingerprint density at radius 1 is 1.08 bits per heavy atom. The third-order valence-electron chi connectivity index (χ3n) is 4.43. The van der Waals surface area contributed by atoms with E-state index in [1.807, 2.05) is 12.3 Å². The molecule has 2 N–H and O–H groups in total. The Balaban J connectivity index is 1.61. The molecule has 7 heteroatoms. The lowest BCUT2D eigenvalue weighted by Gasteiger charge is -2.28. The van der Waals surface area contributed by atoms with Crippen LogP contribution in [0.4, 0.5) is 17.3 Å². The number of hydrogen-bond acceptors (Lipinski definition) is 5. The minimum absolute atomic E-state index is 0.251. The van der Waals surface area contributed by atoms with Crippen LogP contribution >= 0.6 is 0 Å². The van der Waals surface area contributed by atoms with Gasteiger partial charge in [-0.25, -0.2) is 9.31 Å². The minimum atomic E-state index is -0.941. The fraction of sp³-hybridized carbons (Fsp3) is 0.278. The molecule has 2 aromatic heterocycles. The van der Waals surface area contributed by atoms with Gasteiger partial charge in [-0.3, -0.25) is 0 Å². The Hall–Kier alpha value is -3.09. The Bertz CT molecular complexity index is 897. The molecule has 1 aliphatic heterocycles. The van der Waals surface area contributed by atoms with Crippen molar-refractivity contribution in [1.29, 1.82) is 0 Å². The maximum absolute atomic E-state index is 10.9. The van der Waals surface area contributed by atoms with Crippen LogP contribution in [0.3, 0.4) is 0 Å². The van der Waals surface area contributed by atoms with E-state index in [1.54, 1.807) is 28.8 Å². The number of anilines is 3. The van der Waals surface area contributed by atoms with Crippen molar-refractivity contribution in [3.05, 3.63) is 48.2 Å². The van der Waals surface area contributed by atoms with Crippen LogP contribution in [0.1, 0.15) is 29.6 Å². The zero-order valence-electron chi connectivity index (χ0n) is 13.7. The van der Waals surface area contributed by atoms with Gasteiger partial charge in [0, 0.05) is 25.0 Å². The fourth-order valence-electron chi connectivity index (χ4n) is 3.15. The summed E-state index contributed by atoms with van der Waals surface area (Å²) in [6, 6.07) is 10.6. The summed E-state index contributed by atoms with van der Waals surface area (Å²) in [4.78, 5) is 17.9. The van der Waals surface area contributed by atoms with Crippen molar-refractivity contribution in [2.24, 2.45) is 0 Å². The summed E-state index contributed by atoms with van der Waals surface area (Å²) >= 11 is 0. The molecule has 0 unspecified atom stereocenters. The van der Waals surface area contributed by atoms with Crippen LogP contribution in [0.25, 0.3) is 5.65 Å². The molecule has 1 aromatic carbocycles. The van der Waals surface area contributed by atoms with Crippen molar-refractivity contribution in [3.63, 3.8) is 0 Å². The molecule has 0 spiro atoms. The molecule has 0 amide bonds. The van der Waals surface area contributed by atoms with Gasteiger partial charge in [-0.2, -0.15) is 4.98 Å². The highest BCUT2D eigenvalue weighted by atomic mass is 16.4. The quantitative estimate of drug-likeness (QED) is 0.761. The van der Waals surface area contributed by atoms with Crippen LogP contribution in [0.15, 0.2) is 42.6 Å². The Labute approximate surface area is 144 Å². The van der Waals surface area contributed by atoms with Crippen molar-refractivity contribution >= 4 is 28.9 Å². The number of piperidine rings is 1. The van der Waals surface area contributed by atoms with Crippen LogP contribution in [0.2, 0.25) is 0 Å². The summed E-state index contributed by atoms with van der Waals surface area (Å²) in [5.74, 6) is -0.448. The van der Waals surface area contributed by atoms with Gasteiger partial charge in [0.15, 0.2) is 5.65 Å². The fourth-order valence-corrected chi connectivity index (χ4v) is 3.15. The first-order valence-electron chi connectivity index (χ1n) is 8.41. The number of aromatic carboxylic acids is 1. The first-order chi connectivity index (χ1) is 12.2. The van der Waals surface area contributed by atoms with Crippen LogP contribution in [-0.4, -0.2) is 38.8 Å². The molecular weight excluding hydrogens is 318 g/mol. The van der Waals surface area contributed by atoms with Gasteiger partial charge in [-0.1, -0.05) is 0 Å². The minimum Gasteiger partial charge on any atom is -0.478 e. The summed E-state index contributed by atoms with van der Waals surface area (Å²) < 4.78 is 1.78. The summed E-state index contributed by atoms with van der Waals surface area (Å²) in [6.45, 7) is 2.10. The lowest BCUT2D eigenvalue weighted by molar-refractivity contribution is 0.0697. The molecular formula is C18H19N5O2. The van der Waals surface area contributed by atoms with Gasteiger partial charge >= 0.3 is 5.97 Å². The average Bonchev–Trinajstić information content (AvgIpc) is 3.05. The third-order valence-corrected chi connectivity index (χ3v) is 4.43. The van der Waals surface area contributed by atoms with Gasteiger partial charge in [0.2, 0.25) is 5.95 Å². The number of nitrogens with one attached hydrogen (secondary N) is 1. The number of rotatable bonds is 4. The zero-order valence-corrected chi connectivity index (χ0v) is 13.7. The maximum atomic E-state index is 10.9. The maximum Gasteiger partial charge on any atom is 0.335 e. The zero-order chi connectivity index (χ0) is 17.2. The van der Waals surface area contributed by atoms with Crippen LogP contribution in [0.5, 0.6) is 0 Å².